The van der Waals surface area contributed by atoms with E-state index in [1.807, 2.05) is 54.6 Å². The molecule has 0 aromatic heterocycles. The maximum atomic E-state index is 12.0. The summed E-state index contributed by atoms with van der Waals surface area (Å²) in [6.45, 7) is 5.53. The van der Waals surface area contributed by atoms with Gasteiger partial charge < -0.3 is 24.6 Å². The van der Waals surface area contributed by atoms with E-state index in [1.165, 1.54) is 7.11 Å². The van der Waals surface area contributed by atoms with Gasteiger partial charge in [0.25, 0.3) is 0 Å². The number of amides is 1. The summed E-state index contributed by atoms with van der Waals surface area (Å²) in [5.41, 5.74) is 1.28. The number of methoxy groups -OCH3 is 1. The van der Waals surface area contributed by atoms with Crippen molar-refractivity contribution in [1.29, 1.82) is 0 Å². The minimum atomic E-state index is -0.643. The highest BCUT2D eigenvalue weighted by atomic mass is 16.6. The Bertz CT molecular complexity index is 725. The fraction of sp³-hybridized carbons (Fsp3) is 0.409. The third-order valence-electron chi connectivity index (χ3n) is 3.98. The molecule has 0 heterocycles. The average Bonchev–Trinajstić information content (AvgIpc) is 2.66. The lowest BCUT2D eigenvalue weighted by molar-refractivity contribution is 0.0215. The first-order chi connectivity index (χ1) is 13.3. The van der Waals surface area contributed by atoms with Crippen LogP contribution in [0.1, 0.15) is 38.0 Å². The Morgan fingerprint density at radius 1 is 1.07 bits per heavy atom. The molecular weight excluding hydrogens is 358 g/mol. The molecule has 152 valence electrons. The molecule has 2 N–H and O–H groups in total. The number of benzene rings is 2. The molecule has 0 bridgehead atoms. The highest BCUT2D eigenvalue weighted by Crippen LogP contribution is 2.24. The predicted octanol–water partition coefficient (Wildman–Crippen LogP) is 3.84. The van der Waals surface area contributed by atoms with Crippen LogP contribution in [0.15, 0.2) is 54.6 Å². The van der Waals surface area contributed by atoms with Crippen LogP contribution in [-0.4, -0.2) is 36.6 Å². The SMILES string of the molecule is CO[C@H](c1ccc(OCc2ccccc2)cc1)[C@H](CO)NC(=O)OC(C)(C)C. The van der Waals surface area contributed by atoms with Gasteiger partial charge in [-0.2, -0.15) is 0 Å². The van der Waals surface area contributed by atoms with Gasteiger partial charge in [-0.3, -0.25) is 0 Å². The van der Waals surface area contributed by atoms with Crippen molar-refractivity contribution < 1.29 is 24.1 Å². The lowest BCUT2D eigenvalue weighted by atomic mass is 10.0. The van der Waals surface area contributed by atoms with Gasteiger partial charge in [-0.1, -0.05) is 42.5 Å². The zero-order valence-electron chi connectivity index (χ0n) is 16.8. The topological polar surface area (TPSA) is 77.0 Å². The van der Waals surface area contributed by atoms with E-state index in [9.17, 15) is 9.90 Å². The first-order valence-corrected chi connectivity index (χ1v) is 9.22. The summed E-state index contributed by atoms with van der Waals surface area (Å²) in [4.78, 5) is 12.0. The summed E-state index contributed by atoms with van der Waals surface area (Å²) in [5, 5.41) is 12.4. The summed E-state index contributed by atoms with van der Waals surface area (Å²) in [5.74, 6) is 0.725. The van der Waals surface area contributed by atoms with Gasteiger partial charge in [0, 0.05) is 7.11 Å². The van der Waals surface area contributed by atoms with Crippen molar-refractivity contribution in [2.24, 2.45) is 0 Å². The van der Waals surface area contributed by atoms with Crippen LogP contribution in [0.5, 0.6) is 5.75 Å². The van der Waals surface area contributed by atoms with Gasteiger partial charge in [-0.25, -0.2) is 4.79 Å². The van der Waals surface area contributed by atoms with Crippen LogP contribution < -0.4 is 10.1 Å². The zero-order valence-corrected chi connectivity index (χ0v) is 16.8. The molecular formula is C22H29NO5. The minimum absolute atomic E-state index is 0.288. The number of hydrogen-bond acceptors (Lipinski definition) is 5. The number of alkyl carbamates (subject to hydrolysis) is 1. The molecule has 0 aliphatic heterocycles. The van der Waals surface area contributed by atoms with E-state index in [0.29, 0.717) is 6.61 Å². The second-order valence-corrected chi connectivity index (χ2v) is 7.43. The molecule has 0 unspecified atom stereocenters. The summed E-state index contributed by atoms with van der Waals surface area (Å²) in [7, 11) is 1.53. The van der Waals surface area contributed by atoms with Crippen LogP contribution in [0.25, 0.3) is 0 Å². The Balaban J connectivity index is 2.00. The number of carbonyl (C=O) groups excluding carboxylic acids is 1. The number of rotatable bonds is 8. The molecule has 28 heavy (non-hydrogen) atoms. The van der Waals surface area contributed by atoms with E-state index in [4.69, 9.17) is 14.2 Å². The van der Waals surface area contributed by atoms with E-state index in [2.05, 4.69) is 5.32 Å². The lowest BCUT2D eigenvalue weighted by Gasteiger charge is -2.27. The molecule has 2 aromatic carbocycles. The van der Waals surface area contributed by atoms with Crippen LogP contribution in [0.2, 0.25) is 0 Å². The van der Waals surface area contributed by atoms with Crippen molar-refractivity contribution in [2.75, 3.05) is 13.7 Å². The molecule has 0 fully saturated rings. The second-order valence-electron chi connectivity index (χ2n) is 7.43. The number of nitrogens with one attached hydrogen (secondary N) is 1. The van der Waals surface area contributed by atoms with Crippen molar-refractivity contribution >= 4 is 6.09 Å². The van der Waals surface area contributed by atoms with E-state index < -0.39 is 23.8 Å². The number of ether oxygens (including phenoxy) is 3. The van der Waals surface area contributed by atoms with E-state index >= 15 is 0 Å². The van der Waals surface area contributed by atoms with Crippen LogP contribution in [0, 0.1) is 0 Å². The molecule has 6 heteroatoms. The van der Waals surface area contributed by atoms with Crippen molar-refractivity contribution in [3.05, 3.63) is 65.7 Å². The summed E-state index contributed by atoms with van der Waals surface area (Å²) in [6.07, 6.45) is -1.13. The monoisotopic (exact) mass is 387 g/mol. The van der Waals surface area contributed by atoms with Gasteiger partial charge in [0.05, 0.1) is 12.6 Å². The lowest BCUT2D eigenvalue weighted by Crippen LogP contribution is -2.44. The number of aliphatic hydroxyl groups excluding tert-OH is 1. The smallest absolute Gasteiger partial charge is 0.408 e. The third-order valence-corrected chi connectivity index (χ3v) is 3.98. The molecule has 0 saturated heterocycles. The molecule has 0 aliphatic carbocycles. The number of aliphatic hydroxyl groups is 1. The molecule has 6 nitrogen and oxygen atoms in total. The molecule has 0 aliphatic rings. The maximum Gasteiger partial charge on any atom is 0.408 e. The Labute approximate surface area is 166 Å². The molecule has 1 amide bonds. The van der Waals surface area contributed by atoms with Crippen LogP contribution >= 0.6 is 0 Å². The Kier molecular flexibility index (Phi) is 7.84. The van der Waals surface area contributed by atoms with Crippen molar-refractivity contribution in [3.63, 3.8) is 0 Å². The zero-order chi connectivity index (χ0) is 20.6. The molecule has 0 radical (unpaired) electrons. The van der Waals surface area contributed by atoms with Gasteiger partial charge in [-0.15, -0.1) is 0 Å². The standard InChI is InChI=1S/C22H29NO5/c1-22(2,3)28-21(25)23-19(14-24)20(26-4)17-10-12-18(13-11-17)27-15-16-8-6-5-7-9-16/h5-13,19-20,24H,14-15H2,1-4H3,(H,23,25)/t19-,20+/m0/s1. The first kappa shape index (κ1) is 21.7. The van der Waals surface area contributed by atoms with Crippen LogP contribution in [-0.2, 0) is 16.1 Å². The largest absolute Gasteiger partial charge is 0.489 e. The normalized spacial score (nSPS) is 13.5. The molecule has 0 saturated carbocycles. The van der Waals surface area contributed by atoms with Gasteiger partial charge in [0.2, 0.25) is 0 Å². The van der Waals surface area contributed by atoms with E-state index in [0.717, 1.165) is 16.9 Å². The third kappa shape index (κ3) is 6.87. The number of carbonyl (C=O) groups is 1. The predicted molar refractivity (Wildman–Crippen MR) is 107 cm³/mol. The van der Waals surface area contributed by atoms with Crippen LogP contribution in [0.3, 0.4) is 0 Å². The van der Waals surface area contributed by atoms with Crippen molar-refractivity contribution in [2.45, 2.75) is 45.1 Å². The molecule has 0 spiro atoms. The average molecular weight is 387 g/mol. The van der Waals surface area contributed by atoms with E-state index in [-0.39, 0.29) is 6.61 Å². The highest BCUT2D eigenvalue weighted by molar-refractivity contribution is 5.68. The Morgan fingerprint density at radius 2 is 1.71 bits per heavy atom. The van der Waals surface area contributed by atoms with Crippen molar-refractivity contribution in [3.8, 4) is 5.75 Å². The van der Waals surface area contributed by atoms with E-state index in [1.54, 1.807) is 20.8 Å². The maximum absolute atomic E-state index is 12.0. The van der Waals surface area contributed by atoms with Crippen molar-refractivity contribution in [1.82, 2.24) is 5.32 Å². The number of hydrogen-bond donors (Lipinski definition) is 2. The highest BCUT2D eigenvalue weighted by Gasteiger charge is 2.26. The molecule has 2 rings (SSSR count). The first-order valence-electron chi connectivity index (χ1n) is 9.22. The molecule has 2 aromatic rings. The Hall–Kier alpha value is -2.57. The Morgan fingerprint density at radius 3 is 2.25 bits per heavy atom. The quantitative estimate of drug-likeness (QED) is 0.720. The molecule has 2 atom stereocenters. The summed E-state index contributed by atoms with van der Waals surface area (Å²) < 4.78 is 16.6. The van der Waals surface area contributed by atoms with Gasteiger partial charge in [0.15, 0.2) is 0 Å². The fourth-order valence-corrected chi connectivity index (χ4v) is 2.70. The van der Waals surface area contributed by atoms with Gasteiger partial charge in [-0.05, 0) is 44.0 Å². The fourth-order valence-electron chi connectivity index (χ4n) is 2.70. The van der Waals surface area contributed by atoms with Gasteiger partial charge >= 0.3 is 6.09 Å². The summed E-state index contributed by atoms with van der Waals surface area (Å²) in [6, 6.07) is 16.7. The van der Waals surface area contributed by atoms with Crippen LogP contribution in [0.4, 0.5) is 4.79 Å². The second kappa shape index (κ2) is 10.1. The van der Waals surface area contributed by atoms with Gasteiger partial charge in [0.1, 0.15) is 24.1 Å². The summed E-state index contributed by atoms with van der Waals surface area (Å²) >= 11 is 0. The minimum Gasteiger partial charge on any atom is -0.489 e.